The second-order valence-corrected chi connectivity index (χ2v) is 8.21. The van der Waals surface area contributed by atoms with Crippen molar-refractivity contribution in [3.63, 3.8) is 0 Å². The van der Waals surface area contributed by atoms with Gasteiger partial charge < -0.3 is 15.0 Å². The third-order valence-electron chi connectivity index (χ3n) is 5.76. The van der Waals surface area contributed by atoms with Crippen LogP contribution < -0.4 is 10.1 Å². The number of methoxy groups -OCH3 is 1. The maximum Gasteiger partial charge on any atom is 0.239 e. The molecule has 0 unspecified atom stereocenters. The van der Waals surface area contributed by atoms with Crippen LogP contribution in [0.3, 0.4) is 0 Å². The zero-order valence-corrected chi connectivity index (χ0v) is 18.8. The average Bonchev–Trinajstić information content (AvgIpc) is 3.28. The van der Waals surface area contributed by atoms with Gasteiger partial charge in [0.25, 0.3) is 0 Å². The van der Waals surface area contributed by atoms with Crippen molar-refractivity contribution < 1.29 is 9.53 Å². The highest BCUT2D eigenvalue weighted by Gasteiger charge is 2.31. The topological polar surface area (TPSA) is 70.6 Å². The molecule has 1 aromatic heterocycles. The van der Waals surface area contributed by atoms with E-state index in [1.807, 2.05) is 50.5 Å². The van der Waals surface area contributed by atoms with Crippen molar-refractivity contribution >= 4 is 17.5 Å². The normalized spacial score (nSPS) is 16.0. The fourth-order valence-corrected chi connectivity index (χ4v) is 3.98. The molecule has 32 heavy (non-hydrogen) atoms. The summed E-state index contributed by atoms with van der Waals surface area (Å²) in [5.41, 5.74) is 4.09. The van der Waals surface area contributed by atoms with Crippen molar-refractivity contribution in [3.05, 3.63) is 66.5 Å². The van der Waals surface area contributed by atoms with Crippen LogP contribution in [0.4, 0.5) is 11.6 Å². The number of benzene rings is 2. The van der Waals surface area contributed by atoms with E-state index in [0.29, 0.717) is 5.95 Å². The van der Waals surface area contributed by atoms with Gasteiger partial charge in [0.15, 0.2) is 0 Å². The molecule has 1 fully saturated rings. The van der Waals surface area contributed by atoms with Crippen molar-refractivity contribution in [1.82, 2.24) is 19.8 Å². The van der Waals surface area contributed by atoms with Gasteiger partial charge in [-0.3, -0.25) is 9.69 Å². The quantitative estimate of drug-likeness (QED) is 0.611. The Morgan fingerprint density at radius 3 is 2.38 bits per heavy atom. The van der Waals surface area contributed by atoms with Gasteiger partial charge in [-0.1, -0.05) is 24.3 Å². The summed E-state index contributed by atoms with van der Waals surface area (Å²) in [4.78, 5) is 25.2. The van der Waals surface area contributed by atoms with E-state index in [9.17, 15) is 4.79 Å². The minimum Gasteiger partial charge on any atom is -0.497 e. The first-order valence-corrected chi connectivity index (χ1v) is 10.8. The van der Waals surface area contributed by atoms with E-state index in [2.05, 4.69) is 32.3 Å². The Labute approximate surface area is 189 Å². The fraction of sp³-hybridized carbons (Fsp3) is 0.320. The van der Waals surface area contributed by atoms with Crippen molar-refractivity contribution in [2.24, 2.45) is 0 Å². The van der Waals surface area contributed by atoms with E-state index in [1.54, 1.807) is 24.4 Å². The molecule has 2 aromatic carbocycles. The number of carbonyl (C=O) groups is 1. The third kappa shape index (κ3) is 5.06. The van der Waals surface area contributed by atoms with Gasteiger partial charge in [0.05, 0.1) is 13.2 Å². The summed E-state index contributed by atoms with van der Waals surface area (Å²) in [6, 6.07) is 16.0. The van der Waals surface area contributed by atoms with Gasteiger partial charge >= 0.3 is 0 Å². The summed E-state index contributed by atoms with van der Waals surface area (Å²) in [5.74, 6) is 1.56. The van der Waals surface area contributed by atoms with Crippen LogP contribution >= 0.6 is 0 Å². The Morgan fingerprint density at radius 2 is 1.75 bits per heavy atom. The Bertz CT molecular complexity index is 1030. The van der Waals surface area contributed by atoms with Crippen LogP contribution in [-0.4, -0.2) is 59.5 Å². The van der Waals surface area contributed by atoms with Crippen LogP contribution in [0.1, 0.15) is 18.4 Å². The first kappa shape index (κ1) is 21.8. The first-order chi connectivity index (χ1) is 15.5. The lowest BCUT2D eigenvalue weighted by Crippen LogP contribution is -2.42. The lowest BCUT2D eigenvalue weighted by molar-refractivity contribution is -0.133. The van der Waals surface area contributed by atoms with E-state index in [4.69, 9.17) is 4.74 Å². The summed E-state index contributed by atoms with van der Waals surface area (Å²) in [7, 11) is 5.30. The molecule has 4 rings (SSSR count). The molecule has 166 valence electrons. The van der Waals surface area contributed by atoms with E-state index in [-0.39, 0.29) is 11.9 Å². The number of carbonyl (C=O) groups excluding carboxylic acids is 1. The van der Waals surface area contributed by atoms with E-state index in [0.717, 1.165) is 48.5 Å². The molecule has 1 amide bonds. The predicted octanol–water partition coefficient (Wildman–Crippen LogP) is 3.95. The molecule has 7 nitrogen and oxygen atoms in total. The van der Waals surface area contributed by atoms with Crippen LogP contribution in [0, 0.1) is 0 Å². The summed E-state index contributed by atoms with van der Waals surface area (Å²) in [6.45, 7) is 1.73. The van der Waals surface area contributed by atoms with Crippen molar-refractivity contribution in [1.29, 1.82) is 0 Å². The number of hydrogen-bond acceptors (Lipinski definition) is 6. The lowest BCUT2D eigenvalue weighted by Gasteiger charge is -2.26. The molecular formula is C25H29N5O2. The standard InChI is InChI=1S/C25H29N5O2/c1-29(2)24(31)23-5-4-14-30(23)17-18-6-10-21(11-7-18)28-25-26-15-20(16-27-25)19-8-12-22(32-3)13-9-19/h6-13,15-16,23H,4-5,14,17H2,1-3H3,(H,26,27,28)/t23-/m0/s1. The van der Waals surface area contributed by atoms with Crippen LogP contribution in [0.2, 0.25) is 0 Å². The maximum atomic E-state index is 12.4. The number of ether oxygens (including phenoxy) is 1. The van der Waals surface area contributed by atoms with Crippen LogP contribution in [0.25, 0.3) is 11.1 Å². The maximum absolute atomic E-state index is 12.4. The number of nitrogens with one attached hydrogen (secondary N) is 1. The van der Waals surface area contributed by atoms with Crippen molar-refractivity contribution in [2.75, 3.05) is 33.1 Å². The molecule has 1 saturated heterocycles. The van der Waals surface area contributed by atoms with Gasteiger partial charge in [0.1, 0.15) is 5.75 Å². The van der Waals surface area contributed by atoms with Gasteiger partial charge in [0, 0.05) is 44.3 Å². The Hall–Kier alpha value is -3.45. The van der Waals surface area contributed by atoms with Crippen LogP contribution in [0.5, 0.6) is 5.75 Å². The molecule has 0 bridgehead atoms. The van der Waals surface area contributed by atoms with Gasteiger partial charge in [0.2, 0.25) is 11.9 Å². The molecular weight excluding hydrogens is 402 g/mol. The fourth-order valence-electron chi connectivity index (χ4n) is 3.98. The summed E-state index contributed by atoms with van der Waals surface area (Å²) in [6.07, 6.45) is 5.61. The molecule has 1 N–H and O–H groups in total. The highest BCUT2D eigenvalue weighted by Crippen LogP contribution is 2.24. The Morgan fingerprint density at radius 1 is 1.06 bits per heavy atom. The number of anilines is 2. The Balaban J connectivity index is 1.36. The number of rotatable bonds is 7. The second-order valence-electron chi connectivity index (χ2n) is 8.21. The van der Waals surface area contributed by atoms with Crippen molar-refractivity contribution in [2.45, 2.75) is 25.4 Å². The Kier molecular flexibility index (Phi) is 6.66. The molecule has 0 spiro atoms. The number of likely N-dealkylation sites (tertiary alicyclic amines) is 1. The third-order valence-corrected chi connectivity index (χ3v) is 5.76. The first-order valence-electron chi connectivity index (χ1n) is 10.8. The zero-order chi connectivity index (χ0) is 22.5. The minimum atomic E-state index is -0.0135. The molecule has 7 heteroatoms. The average molecular weight is 432 g/mol. The number of aromatic nitrogens is 2. The minimum absolute atomic E-state index is 0.0135. The monoisotopic (exact) mass is 431 g/mol. The molecule has 1 atom stereocenters. The molecule has 0 radical (unpaired) electrons. The predicted molar refractivity (Wildman–Crippen MR) is 126 cm³/mol. The smallest absolute Gasteiger partial charge is 0.239 e. The van der Waals surface area contributed by atoms with Crippen LogP contribution in [-0.2, 0) is 11.3 Å². The van der Waals surface area contributed by atoms with Gasteiger partial charge in [-0.2, -0.15) is 0 Å². The van der Waals surface area contributed by atoms with Gasteiger partial charge in [-0.05, 0) is 54.8 Å². The highest BCUT2D eigenvalue weighted by molar-refractivity contribution is 5.81. The summed E-state index contributed by atoms with van der Waals surface area (Å²) < 4.78 is 5.20. The summed E-state index contributed by atoms with van der Waals surface area (Å²) >= 11 is 0. The molecule has 2 heterocycles. The van der Waals surface area contributed by atoms with E-state index < -0.39 is 0 Å². The van der Waals surface area contributed by atoms with E-state index in [1.165, 1.54) is 5.56 Å². The molecule has 1 aliphatic heterocycles. The van der Waals surface area contributed by atoms with Crippen LogP contribution in [0.15, 0.2) is 60.9 Å². The molecule has 0 saturated carbocycles. The van der Waals surface area contributed by atoms with Gasteiger partial charge in [-0.25, -0.2) is 9.97 Å². The van der Waals surface area contributed by atoms with E-state index >= 15 is 0 Å². The van der Waals surface area contributed by atoms with Gasteiger partial charge in [-0.15, -0.1) is 0 Å². The lowest BCUT2D eigenvalue weighted by atomic mass is 10.1. The number of amides is 1. The number of likely N-dealkylation sites (N-methyl/N-ethyl adjacent to an activating group) is 1. The zero-order valence-electron chi connectivity index (χ0n) is 18.8. The highest BCUT2D eigenvalue weighted by atomic mass is 16.5. The van der Waals surface area contributed by atoms with Crippen molar-refractivity contribution in [3.8, 4) is 16.9 Å². The largest absolute Gasteiger partial charge is 0.497 e. The number of nitrogens with zero attached hydrogens (tertiary/aromatic N) is 4. The number of hydrogen-bond donors (Lipinski definition) is 1. The summed E-state index contributed by atoms with van der Waals surface area (Å²) in [5, 5.41) is 3.25. The second kappa shape index (κ2) is 9.78. The molecule has 1 aliphatic rings. The molecule has 0 aliphatic carbocycles. The molecule has 3 aromatic rings. The SMILES string of the molecule is COc1ccc(-c2cnc(Nc3ccc(CN4CCC[C@H]4C(=O)N(C)C)cc3)nc2)cc1.